The third kappa shape index (κ3) is 5.14. The third-order valence-corrected chi connectivity index (χ3v) is 1.19. The molecule has 0 saturated heterocycles. The van der Waals surface area contributed by atoms with E-state index in [1.54, 1.807) is 6.20 Å². The second-order valence-electron chi connectivity index (χ2n) is 2.17. The Morgan fingerprint density at radius 1 is 1.46 bits per heavy atom. The van der Waals surface area contributed by atoms with Gasteiger partial charge in [-0.15, -0.1) is 0 Å². The Hall–Kier alpha value is -1.16. The van der Waals surface area contributed by atoms with Gasteiger partial charge in [0.05, 0.1) is 6.61 Å². The highest BCUT2D eigenvalue weighted by Crippen LogP contribution is 1.96. The number of nitrogens with zero attached hydrogens (tertiary/aromatic N) is 2. The van der Waals surface area contributed by atoms with E-state index in [9.17, 15) is 0 Å². The molecule has 4 nitrogen and oxygen atoms in total. The van der Waals surface area contributed by atoms with Crippen LogP contribution >= 0.6 is 0 Å². The van der Waals surface area contributed by atoms with Crippen LogP contribution in [0, 0.1) is 6.92 Å². The molecule has 0 atom stereocenters. The molecule has 1 aromatic rings. The van der Waals surface area contributed by atoms with Crippen LogP contribution in [0.1, 0.15) is 19.5 Å². The van der Waals surface area contributed by atoms with Gasteiger partial charge in [0.1, 0.15) is 0 Å². The minimum absolute atomic E-state index is 0.0945. The number of hydrogen-bond donors (Lipinski definition) is 2. The Morgan fingerprint density at radius 3 is 2.69 bits per heavy atom. The fraction of sp³-hybridized carbons (Fsp3) is 0.556. The van der Waals surface area contributed by atoms with Gasteiger partial charge in [-0.05, 0) is 13.0 Å². The molecule has 0 aromatic carbocycles. The van der Waals surface area contributed by atoms with Crippen molar-refractivity contribution in [2.45, 2.75) is 20.8 Å². The van der Waals surface area contributed by atoms with Crippen LogP contribution < -0.4 is 5.32 Å². The van der Waals surface area contributed by atoms with Gasteiger partial charge in [-0.25, -0.2) is 9.97 Å². The smallest absolute Gasteiger partial charge is 0.222 e. The predicted molar refractivity (Wildman–Crippen MR) is 53.7 cm³/mol. The van der Waals surface area contributed by atoms with E-state index in [2.05, 4.69) is 15.3 Å². The lowest BCUT2D eigenvalue weighted by molar-refractivity contribution is 0.311. The van der Waals surface area contributed by atoms with Gasteiger partial charge in [0, 0.05) is 18.4 Å². The molecule has 1 rings (SSSR count). The highest BCUT2D eigenvalue weighted by Gasteiger charge is 1.92. The molecule has 4 heteroatoms. The first-order valence-corrected chi connectivity index (χ1v) is 4.47. The van der Waals surface area contributed by atoms with E-state index in [0.717, 1.165) is 5.69 Å². The number of aryl methyl sites for hydroxylation is 1. The maximum absolute atomic E-state index is 8.48. The maximum Gasteiger partial charge on any atom is 0.222 e. The van der Waals surface area contributed by atoms with Crippen molar-refractivity contribution < 1.29 is 5.11 Å². The largest absolute Gasteiger partial charge is 0.395 e. The number of aliphatic hydroxyl groups excluding tert-OH is 1. The molecular formula is C9H17N3O. The van der Waals surface area contributed by atoms with Crippen LogP contribution in [-0.2, 0) is 0 Å². The van der Waals surface area contributed by atoms with Gasteiger partial charge < -0.3 is 10.4 Å². The van der Waals surface area contributed by atoms with Gasteiger partial charge in [0.15, 0.2) is 0 Å². The van der Waals surface area contributed by atoms with Gasteiger partial charge in [-0.1, -0.05) is 13.8 Å². The zero-order valence-corrected chi connectivity index (χ0v) is 8.41. The summed E-state index contributed by atoms with van der Waals surface area (Å²) in [6.07, 6.45) is 1.68. The molecule has 74 valence electrons. The molecule has 0 aliphatic heterocycles. The molecule has 0 radical (unpaired) electrons. The zero-order valence-electron chi connectivity index (χ0n) is 8.41. The minimum Gasteiger partial charge on any atom is -0.395 e. The molecule has 0 saturated carbocycles. The average molecular weight is 183 g/mol. The fourth-order valence-corrected chi connectivity index (χ4v) is 0.702. The first-order chi connectivity index (χ1) is 6.33. The van der Waals surface area contributed by atoms with E-state index >= 15 is 0 Å². The Bertz CT molecular complexity index is 228. The lowest BCUT2D eigenvalue weighted by Gasteiger charge is -2.01. The van der Waals surface area contributed by atoms with Crippen LogP contribution in [0.3, 0.4) is 0 Å². The molecule has 0 unspecified atom stereocenters. The topological polar surface area (TPSA) is 58.0 Å². The molecule has 0 amide bonds. The second kappa shape index (κ2) is 7.49. The minimum atomic E-state index is 0.0945. The van der Waals surface area contributed by atoms with Crippen molar-refractivity contribution in [2.75, 3.05) is 18.5 Å². The van der Waals surface area contributed by atoms with E-state index in [1.165, 1.54) is 0 Å². The summed E-state index contributed by atoms with van der Waals surface area (Å²) in [6.45, 7) is 6.48. The highest BCUT2D eigenvalue weighted by atomic mass is 16.3. The summed E-state index contributed by atoms with van der Waals surface area (Å²) in [4.78, 5) is 8.02. The molecule has 2 N–H and O–H groups in total. The summed E-state index contributed by atoms with van der Waals surface area (Å²) in [7, 11) is 0. The van der Waals surface area contributed by atoms with E-state index in [0.29, 0.717) is 12.5 Å². The van der Waals surface area contributed by atoms with Gasteiger partial charge in [0.2, 0.25) is 5.95 Å². The number of anilines is 1. The van der Waals surface area contributed by atoms with Gasteiger partial charge >= 0.3 is 0 Å². The summed E-state index contributed by atoms with van der Waals surface area (Å²) in [5.74, 6) is 0.569. The molecule has 1 heterocycles. The zero-order chi connectivity index (χ0) is 10.1. The Kier molecular flexibility index (Phi) is 6.82. The summed E-state index contributed by atoms with van der Waals surface area (Å²) >= 11 is 0. The van der Waals surface area contributed by atoms with E-state index in [1.807, 2.05) is 26.8 Å². The van der Waals surface area contributed by atoms with Gasteiger partial charge in [-0.2, -0.15) is 0 Å². The normalized spacial score (nSPS) is 8.62. The van der Waals surface area contributed by atoms with Crippen molar-refractivity contribution in [1.82, 2.24) is 9.97 Å². The molecule has 0 bridgehead atoms. The molecule has 0 aliphatic carbocycles. The van der Waals surface area contributed by atoms with Crippen molar-refractivity contribution >= 4 is 5.95 Å². The van der Waals surface area contributed by atoms with Crippen molar-refractivity contribution in [2.24, 2.45) is 0 Å². The summed E-state index contributed by atoms with van der Waals surface area (Å²) < 4.78 is 0. The molecule has 0 aliphatic rings. The number of rotatable bonds is 3. The molecule has 0 spiro atoms. The summed E-state index contributed by atoms with van der Waals surface area (Å²) in [6, 6.07) is 1.82. The molecule has 13 heavy (non-hydrogen) atoms. The predicted octanol–water partition coefficient (Wildman–Crippen LogP) is 1.22. The van der Waals surface area contributed by atoms with E-state index in [4.69, 9.17) is 5.11 Å². The van der Waals surface area contributed by atoms with E-state index < -0.39 is 0 Å². The van der Waals surface area contributed by atoms with E-state index in [-0.39, 0.29) is 6.61 Å². The van der Waals surface area contributed by atoms with Crippen LogP contribution in [0.4, 0.5) is 5.95 Å². The fourth-order valence-electron chi connectivity index (χ4n) is 0.702. The highest BCUT2D eigenvalue weighted by molar-refractivity contribution is 5.24. The molecule has 1 aromatic heterocycles. The summed E-state index contributed by atoms with van der Waals surface area (Å²) in [5.41, 5.74) is 0.917. The average Bonchev–Trinajstić information content (AvgIpc) is 2.18. The van der Waals surface area contributed by atoms with Crippen molar-refractivity contribution in [3.8, 4) is 0 Å². The number of hydrogen-bond acceptors (Lipinski definition) is 4. The Morgan fingerprint density at radius 2 is 2.15 bits per heavy atom. The third-order valence-electron chi connectivity index (χ3n) is 1.19. The lowest BCUT2D eigenvalue weighted by atomic mass is 10.5. The van der Waals surface area contributed by atoms with Crippen LogP contribution in [0.25, 0.3) is 0 Å². The quantitative estimate of drug-likeness (QED) is 0.739. The first-order valence-electron chi connectivity index (χ1n) is 4.47. The van der Waals surface area contributed by atoms with Crippen molar-refractivity contribution in [3.63, 3.8) is 0 Å². The van der Waals surface area contributed by atoms with Crippen molar-refractivity contribution in [1.29, 1.82) is 0 Å². The Balaban J connectivity index is 0.000000671. The molecule has 0 fully saturated rings. The standard InChI is InChI=1S/C7H11N3O.C2H6/c1-6-2-3-8-7(10-6)9-4-5-11;1-2/h2-3,11H,4-5H2,1H3,(H,8,9,10);1-2H3. The van der Waals surface area contributed by atoms with Crippen LogP contribution in [0.15, 0.2) is 12.3 Å². The first kappa shape index (κ1) is 11.8. The van der Waals surface area contributed by atoms with Gasteiger partial charge in [-0.3, -0.25) is 0 Å². The maximum atomic E-state index is 8.48. The number of nitrogens with one attached hydrogen (secondary N) is 1. The second-order valence-corrected chi connectivity index (χ2v) is 2.17. The van der Waals surface area contributed by atoms with Crippen LogP contribution in [-0.4, -0.2) is 28.2 Å². The van der Waals surface area contributed by atoms with Crippen LogP contribution in [0.5, 0.6) is 0 Å². The van der Waals surface area contributed by atoms with Crippen molar-refractivity contribution in [3.05, 3.63) is 18.0 Å². The van der Waals surface area contributed by atoms with Gasteiger partial charge in [0.25, 0.3) is 0 Å². The lowest BCUT2D eigenvalue weighted by Crippen LogP contribution is -2.08. The summed E-state index contributed by atoms with van der Waals surface area (Å²) in [5, 5.41) is 11.3. The van der Waals surface area contributed by atoms with Crippen LogP contribution in [0.2, 0.25) is 0 Å². The Labute approximate surface area is 79.0 Å². The molecular weight excluding hydrogens is 166 g/mol. The number of aliphatic hydroxyl groups is 1. The monoisotopic (exact) mass is 183 g/mol. The SMILES string of the molecule is CC.Cc1ccnc(NCCO)n1. The number of aromatic nitrogens is 2.